The number of fused-ring (bicyclic) bond motifs is 1. The second-order valence-corrected chi connectivity index (χ2v) is 26.1. The van der Waals surface area contributed by atoms with Crippen LogP contribution >= 0.6 is 0 Å². The maximum absolute atomic E-state index is 14.4. The van der Waals surface area contributed by atoms with E-state index in [-0.39, 0.29) is 21.8 Å². The number of ketones is 1. The Morgan fingerprint density at radius 2 is 1.53 bits per heavy atom. The van der Waals surface area contributed by atoms with Crippen molar-refractivity contribution in [1.29, 1.82) is 0 Å². The molecule has 0 radical (unpaired) electrons. The summed E-state index contributed by atoms with van der Waals surface area (Å²) >= 11 is 0. The molecule has 0 aromatic carbocycles. The van der Waals surface area contributed by atoms with Crippen molar-refractivity contribution in [2.24, 2.45) is 0 Å². The lowest BCUT2D eigenvalue weighted by atomic mass is 9.78. The Kier molecular flexibility index (Phi) is 12.0. The average molecular weight is 635 g/mol. The van der Waals surface area contributed by atoms with Gasteiger partial charge in [0.05, 0.1) is 12.7 Å². The molecule has 0 aromatic heterocycles. The van der Waals surface area contributed by atoms with E-state index in [0.717, 1.165) is 31.3 Å². The molecular weight excluding hydrogens is 573 g/mol. The minimum Gasteiger partial charge on any atom is -0.457 e. The van der Waals surface area contributed by atoms with Crippen molar-refractivity contribution in [3.8, 4) is 0 Å². The van der Waals surface area contributed by atoms with Gasteiger partial charge in [-0.05, 0) is 82.4 Å². The summed E-state index contributed by atoms with van der Waals surface area (Å²) in [5, 5.41) is 0.00274. The van der Waals surface area contributed by atoms with Crippen LogP contribution in [0.15, 0.2) is 34.9 Å². The van der Waals surface area contributed by atoms with Crippen molar-refractivity contribution in [1.82, 2.24) is 0 Å². The van der Waals surface area contributed by atoms with Crippen molar-refractivity contribution in [3.05, 3.63) is 34.9 Å². The second kappa shape index (κ2) is 13.6. The number of allylic oxidation sites excluding steroid dienone is 2. The molecule has 0 aromatic rings. The smallest absolute Gasteiger partial charge is 0.333 e. The number of esters is 1. The number of epoxide rings is 1. The number of hydrogen-bond donors (Lipinski definition) is 0. The monoisotopic (exact) mass is 634 g/mol. The van der Waals surface area contributed by atoms with Gasteiger partial charge in [0.2, 0.25) is 0 Å². The number of carbonyl (C=O) groups is 2. The molecule has 2 aliphatic rings. The van der Waals surface area contributed by atoms with E-state index in [1.807, 2.05) is 26.8 Å². The summed E-state index contributed by atoms with van der Waals surface area (Å²) in [4.78, 5) is 27.1. The van der Waals surface area contributed by atoms with Crippen LogP contribution in [0.5, 0.6) is 0 Å². The molecule has 0 unspecified atom stereocenters. The maximum atomic E-state index is 14.4. The fourth-order valence-electron chi connectivity index (χ4n) is 4.55. The summed E-state index contributed by atoms with van der Waals surface area (Å²) in [6, 6.07) is 0. The predicted octanol–water partition coefficient (Wildman–Crippen LogP) is 9.23. The molecule has 1 aliphatic carbocycles. The first-order chi connectivity index (χ1) is 19.4. The summed E-state index contributed by atoms with van der Waals surface area (Å²) in [6.45, 7) is 32.2. The molecule has 1 saturated heterocycles. The summed E-state index contributed by atoms with van der Waals surface area (Å²) in [5.41, 5.74) is 0.373. The van der Waals surface area contributed by atoms with Crippen LogP contribution in [-0.4, -0.2) is 58.4 Å². The van der Waals surface area contributed by atoms with Gasteiger partial charge >= 0.3 is 5.97 Å². The highest BCUT2D eigenvalue weighted by Crippen LogP contribution is 2.53. The normalized spacial score (nSPS) is 24.1. The van der Waals surface area contributed by atoms with E-state index in [0.29, 0.717) is 24.2 Å². The number of carbonyl (C=O) groups excluding carboxylic acids is 2. The van der Waals surface area contributed by atoms with Crippen molar-refractivity contribution in [2.75, 3.05) is 6.61 Å². The molecule has 1 heterocycles. The van der Waals surface area contributed by atoms with Crippen LogP contribution in [0.1, 0.15) is 108 Å². The average Bonchev–Trinajstić information content (AvgIpc) is 3.58. The first kappa shape index (κ1) is 37.9. The first-order valence-electron chi connectivity index (χ1n) is 16.2. The van der Waals surface area contributed by atoms with E-state index >= 15 is 0 Å². The number of rotatable bonds is 13. The summed E-state index contributed by atoms with van der Waals surface area (Å²) < 4.78 is 25.9. The lowest BCUT2D eigenvalue weighted by molar-refractivity contribution is -0.149. The van der Waals surface area contributed by atoms with Gasteiger partial charge in [-0.15, -0.1) is 0 Å². The molecule has 0 amide bonds. The van der Waals surface area contributed by atoms with Crippen LogP contribution < -0.4 is 0 Å². The molecule has 1 fully saturated rings. The van der Waals surface area contributed by atoms with Gasteiger partial charge in [-0.3, -0.25) is 4.79 Å². The van der Waals surface area contributed by atoms with E-state index < -0.39 is 40.0 Å². The zero-order valence-electron chi connectivity index (χ0n) is 30.1. The molecule has 0 N–H and O–H groups in total. The minimum absolute atomic E-state index is 0.0270. The third-order valence-electron chi connectivity index (χ3n) is 9.65. The van der Waals surface area contributed by atoms with Gasteiger partial charge in [-0.2, -0.15) is 0 Å². The second-order valence-electron chi connectivity index (χ2n) is 16.5. The summed E-state index contributed by atoms with van der Waals surface area (Å²) in [6.07, 6.45) is 9.68. The molecule has 0 bridgehead atoms. The molecule has 1 aliphatic heterocycles. The van der Waals surface area contributed by atoms with Crippen LogP contribution in [0.25, 0.3) is 0 Å². The van der Waals surface area contributed by atoms with E-state index in [9.17, 15) is 9.59 Å². The van der Waals surface area contributed by atoms with Gasteiger partial charge in [0.25, 0.3) is 0 Å². The first-order valence-corrected chi connectivity index (χ1v) is 22.1. The van der Waals surface area contributed by atoms with Gasteiger partial charge in [0, 0.05) is 17.6 Å². The van der Waals surface area contributed by atoms with Crippen LogP contribution in [-0.2, 0) is 27.9 Å². The largest absolute Gasteiger partial charge is 0.457 e. The molecule has 2 rings (SSSR count). The topological polar surface area (TPSA) is 74.4 Å². The Hall–Kier alpha value is -1.33. The van der Waals surface area contributed by atoms with Crippen LogP contribution in [0, 0.1) is 0 Å². The molecule has 3 atom stereocenters. The van der Waals surface area contributed by atoms with Gasteiger partial charge in [-0.25, -0.2) is 4.79 Å². The van der Waals surface area contributed by atoms with Crippen LogP contribution in [0.4, 0.5) is 0 Å². The summed E-state index contributed by atoms with van der Waals surface area (Å²) in [5.74, 6) is -0.421. The van der Waals surface area contributed by atoms with Crippen molar-refractivity contribution in [3.63, 3.8) is 0 Å². The quantitative estimate of drug-likeness (QED) is 0.0661. The highest BCUT2D eigenvalue weighted by molar-refractivity contribution is 6.74. The third-order valence-corrected chi connectivity index (χ3v) is 18.6. The zero-order valence-corrected chi connectivity index (χ0v) is 32.1. The predicted molar refractivity (Wildman–Crippen MR) is 182 cm³/mol. The van der Waals surface area contributed by atoms with Gasteiger partial charge in [0.15, 0.2) is 28.0 Å². The Morgan fingerprint density at radius 3 is 2.05 bits per heavy atom. The third kappa shape index (κ3) is 9.35. The number of Topliss-reactive ketones (excluding diaryl/α,β-unsaturated/α-hetero) is 1. The lowest BCUT2D eigenvalue weighted by Gasteiger charge is -2.42. The summed E-state index contributed by atoms with van der Waals surface area (Å²) in [7, 11) is -4.39. The molecule has 6 nitrogen and oxygen atoms in total. The standard InChI is InChI=1S/C35H62O6Si2/c1-16-17-18-19-20-21-26-27(24-38-42(12,13)33(6,7)8)28(41-43(14,15)34(9,10)11)30-35(39-30,29(26)36)23-22-25(2)31(37)40-32(3,4)5/h20-22,28,30H,16-19,23-24H2,1-15H3/b21-20+,25-22+/t28-,30-,35+/m1/s1. The Bertz CT molecular complexity index is 1110. The van der Waals surface area contributed by atoms with Gasteiger partial charge in [-0.1, -0.05) is 79.5 Å². The molecule has 8 heteroatoms. The highest BCUT2D eigenvalue weighted by atomic mass is 28.4. The van der Waals surface area contributed by atoms with Crippen molar-refractivity contribution >= 4 is 28.4 Å². The van der Waals surface area contributed by atoms with Crippen LogP contribution in [0.3, 0.4) is 0 Å². The van der Waals surface area contributed by atoms with Gasteiger partial charge in [0.1, 0.15) is 11.7 Å². The zero-order chi connectivity index (χ0) is 33.2. The Morgan fingerprint density at radius 1 is 0.953 bits per heavy atom. The van der Waals surface area contributed by atoms with E-state index in [2.05, 4.69) is 80.7 Å². The van der Waals surface area contributed by atoms with Crippen molar-refractivity contribution < 1.29 is 27.9 Å². The molecule has 246 valence electrons. The van der Waals surface area contributed by atoms with Gasteiger partial charge < -0.3 is 18.3 Å². The fourth-order valence-corrected chi connectivity index (χ4v) is 6.76. The lowest BCUT2D eigenvalue weighted by Crippen LogP contribution is -2.51. The number of unbranched alkanes of at least 4 members (excludes halogenated alkanes) is 3. The SMILES string of the molecule is CCCCC/C=C/C1=C(CO[Si](C)(C)C(C)(C)C)[C@@H](O[Si](C)(C)C(C)(C)C)[C@H]2O[C@@]2(C/C=C(\C)C(=O)OC(C)(C)C)C1=O. The molecule has 0 spiro atoms. The number of ether oxygens (including phenoxy) is 2. The Labute approximate surface area is 265 Å². The highest BCUT2D eigenvalue weighted by Gasteiger charge is 2.69. The molecule has 43 heavy (non-hydrogen) atoms. The minimum atomic E-state index is -2.27. The van der Waals surface area contributed by atoms with Crippen LogP contribution in [0.2, 0.25) is 36.3 Å². The van der Waals surface area contributed by atoms with E-state index in [1.54, 1.807) is 13.0 Å². The Balaban J connectivity index is 2.62. The number of hydrogen-bond acceptors (Lipinski definition) is 6. The van der Waals surface area contributed by atoms with Crippen molar-refractivity contribution in [2.45, 2.75) is 168 Å². The van der Waals surface area contributed by atoms with E-state index in [1.165, 1.54) is 0 Å². The fraction of sp³-hybridized carbons (Fsp3) is 0.771. The molecular formula is C35H62O6Si2. The molecule has 0 saturated carbocycles. The maximum Gasteiger partial charge on any atom is 0.333 e. The van der Waals surface area contributed by atoms with E-state index in [4.69, 9.17) is 18.3 Å².